The monoisotopic (exact) mass is 530 g/mol. The van der Waals surface area contributed by atoms with Gasteiger partial charge >= 0.3 is 7.60 Å². The Morgan fingerprint density at radius 3 is 1.74 bits per heavy atom. The van der Waals surface area contributed by atoms with Crippen molar-refractivity contribution in [1.82, 2.24) is 0 Å². The van der Waals surface area contributed by atoms with Gasteiger partial charge in [0.15, 0.2) is 3.82 Å². The van der Waals surface area contributed by atoms with Crippen LogP contribution >= 0.6 is 31.1 Å². The van der Waals surface area contributed by atoms with Gasteiger partial charge in [0, 0.05) is 12.2 Å². The van der Waals surface area contributed by atoms with E-state index in [1.165, 1.54) is 24.0 Å². The molecule has 3 nitrogen and oxygen atoms in total. The van der Waals surface area contributed by atoms with Gasteiger partial charge in [-0.05, 0) is 81.3 Å². The number of rotatable bonds is 8. The topological polar surface area (TPSA) is 35.5 Å². The van der Waals surface area contributed by atoms with Crippen LogP contribution in [0.1, 0.15) is 100 Å². The quantitative estimate of drug-likeness (QED) is 0.230. The van der Waals surface area contributed by atoms with Crippen molar-refractivity contribution in [3.63, 3.8) is 0 Å². The van der Waals surface area contributed by atoms with Crippen molar-refractivity contribution in [2.75, 3.05) is 12.0 Å². The van der Waals surface area contributed by atoms with Crippen LogP contribution in [-0.4, -0.2) is 28.0 Å². The predicted octanol–water partition coefficient (Wildman–Crippen LogP) is 9.62. The van der Waals surface area contributed by atoms with Gasteiger partial charge in [0.25, 0.3) is 0 Å². The molecule has 0 radical (unpaired) electrons. The Labute approximate surface area is 219 Å². The first-order chi connectivity index (χ1) is 15.9. The van der Waals surface area contributed by atoms with Crippen molar-refractivity contribution in [2.24, 2.45) is 35.5 Å². The zero-order chi connectivity index (χ0) is 25.3. The molecule has 1 heterocycles. The number of hydrogen-bond acceptors (Lipinski definition) is 5. The molecule has 7 atom stereocenters. The van der Waals surface area contributed by atoms with Crippen LogP contribution in [0.4, 0.5) is 0 Å². The zero-order valence-electron chi connectivity index (χ0n) is 23.3. The van der Waals surface area contributed by atoms with E-state index < -0.39 is 11.4 Å². The predicted molar refractivity (Wildman–Crippen MR) is 152 cm³/mol. The summed E-state index contributed by atoms with van der Waals surface area (Å²) in [6.45, 7) is 18.3. The maximum atomic E-state index is 15.4. The molecule has 2 aliphatic carbocycles. The van der Waals surface area contributed by atoms with Gasteiger partial charge in [-0.3, -0.25) is 4.57 Å². The summed E-state index contributed by atoms with van der Waals surface area (Å²) in [6.07, 6.45) is 9.74. The molecule has 1 aliphatic heterocycles. The first kappa shape index (κ1) is 29.2. The Bertz CT molecular complexity index is 729. The molecular formula is C28H51O3PS2. The van der Waals surface area contributed by atoms with Crippen molar-refractivity contribution in [3.8, 4) is 0 Å². The number of thioether (sulfide) groups is 2. The minimum atomic E-state index is -3.44. The standard InChI is InChI=1S/C28H51O3PS2/c1-18(2)24-12-10-20(5)14-26(24)30-32(29,28(33-9)16-22(7)23(8)17-34-28)31-27-15-21(6)11-13-25(27)19(3)4/h18-21,24-27H,10-17H2,1-9H3/t20-,21-,24+,25+,26-,27-,28?/m0/s1. The summed E-state index contributed by atoms with van der Waals surface area (Å²) in [5.41, 5.74) is 2.77. The third kappa shape index (κ3) is 6.35. The molecule has 198 valence electrons. The van der Waals surface area contributed by atoms with Crippen molar-refractivity contribution in [1.29, 1.82) is 0 Å². The van der Waals surface area contributed by atoms with Crippen LogP contribution in [0.15, 0.2) is 11.1 Å². The average molecular weight is 531 g/mol. The highest BCUT2D eigenvalue weighted by Gasteiger charge is 2.56. The molecule has 0 aromatic rings. The Balaban J connectivity index is 2.01. The third-order valence-electron chi connectivity index (χ3n) is 8.94. The van der Waals surface area contributed by atoms with Gasteiger partial charge in [-0.1, -0.05) is 65.5 Å². The van der Waals surface area contributed by atoms with Crippen molar-refractivity contribution in [3.05, 3.63) is 11.1 Å². The van der Waals surface area contributed by atoms with E-state index in [9.17, 15) is 0 Å². The van der Waals surface area contributed by atoms with Crippen molar-refractivity contribution < 1.29 is 13.6 Å². The van der Waals surface area contributed by atoms with E-state index in [1.54, 1.807) is 11.8 Å². The van der Waals surface area contributed by atoms with Crippen LogP contribution in [0.25, 0.3) is 0 Å². The maximum Gasteiger partial charge on any atom is 0.357 e. The minimum Gasteiger partial charge on any atom is -0.303 e. The normalized spacial score (nSPS) is 38.1. The molecule has 0 bridgehead atoms. The van der Waals surface area contributed by atoms with E-state index in [-0.39, 0.29) is 12.2 Å². The summed E-state index contributed by atoms with van der Waals surface area (Å²) in [6, 6.07) is 0. The summed E-state index contributed by atoms with van der Waals surface area (Å²) in [5.74, 6) is 4.08. The Morgan fingerprint density at radius 1 is 0.882 bits per heavy atom. The lowest BCUT2D eigenvalue weighted by Gasteiger charge is -2.47. The molecule has 6 heteroatoms. The van der Waals surface area contributed by atoms with E-state index >= 15 is 4.57 Å². The Kier molecular flexibility index (Phi) is 10.3. The van der Waals surface area contributed by atoms with Crippen LogP contribution in [0.3, 0.4) is 0 Å². The van der Waals surface area contributed by atoms with E-state index in [4.69, 9.17) is 9.05 Å². The van der Waals surface area contributed by atoms with Gasteiger partial charge < -0.3 is 9.05 Å². The maximum absolute atomic E-state index is 15.4. The second-order valence-electron chi connectivity index (χ2n) is 12.4. The van der Waals surface area contributed by atoms with E-state index in [2.05, 4.69) is 61.6 Å². The molecule has 2 saturated carbocycles. The SMILES string of the molecule is CSC1(P(=O)(O[C@H]2C[C@@H](C)CC[C@@H]2C(C)C)O[C@H]2C[C@@H](C)CC[C@@H]2C(C)C)CC(C)=C(C)CS1. The first-order valence-corrected chi connectivity index (χ1v) is 17.5. The molecule has 0 aromatic carbocycles. The van der Waals surface area contributed by atoms with Crippen LogP contribution in [0.2, 0.25) is 0 Å². The molecule has 1 unspecified atom stereocenters. The van der Waals surface area contributed by atoms with Crippen LogP contribution < -0.4 is 0 Å². The average Bonchev–Trinajstić information content (AvgIpc) is 2.75. The summed E-state index contributed by atoms with van der Waals surface area (Å²) in [5, 5.41) is 0. The van der Waals surface area contributed by atoms with Crippen LogP contribution in [0, 0.1) is 35.5 Å². The third-order valence-corrected chi connectivity index (χ3v) is 16.1. The molecule has 3 rings (SSSR count). The van der Waals surface area contributed by atoms with Crippen molar-refractivity contribution in [2.45, 2.75) is 116 Å². The Hall–Kier alpha value is 0.590. The minimum absolute atomic E-state index is 0.0185. The van der Waals surface area contributed by atoms with Gasteiger partial charge in [-0.2, -0.15) is 0 Å². The molecule has 0 N–H and O–H groups in total. The first-order valence-electron chi connectivity index (χ1n) is 13.7. The van der Waals surface area contributed by atoms with E-state index in [0.29, 0.717) is 35.5 Å². The summed E-state index contributed by atoms with van der Waals surface area (Å²) in [7, 11) is -3.44. The van der Waals surface area contributed by atoms with Gasteiger partial charge in [0.1, 0.15) is 0 Å². The summed E-state index contributed by atoms with van der Waals surface area (Å²) in [4.78, 5) is 0. The fourth-order valence-electron chi connectivity index (χ4n) is 6.31. The van der Waals surface area contributed by atoms with Gasteiger partial charge in [-0.15, -0.1) is 23.5 Å². The van der Waals surface area contributed by atoms with E-state index in [0.717, 1.165) is 37.9 Å². The fraction of sp³-hybridized carbons (Fsp3) is 0.929. The fourth-order valence-corrected chi connectivity index (χ4v) is 12.6. The second kappa shape index (κ2) is 12.0. The highest BCUT2D eigenvalue weighted by atomic mass is 32.2. The van der Waals surface area contributed by atoms with Crippen LogP contribution in [-0.2, 0) is 13.6 Å². The molecule has 2 fully saturated rings. The zero-order valence-corrected chi connectivity index (χ0v) is 25.8. The molecule has 0 saturated heterocycles. The van der Waals surface area contributed by atoms with Gasteiger partial charge in [0.05, 0.1) is 12.2 Å². The highest BCUT2D eigenvalue weighted by molar-refractivity contribution is 8.25. The summed E-state index contributed by atoms with van der Waals surface area (Å²) >= 11 is 3.54. The molecule has 0 spiro atoms. The highest BCUT2D eigenvalue weighted by Crippen LogP contribution is 2.74. The lowest BCUT2D eigenvalue weighted by molar-refractivity contribution is -0.00485. The van der Waals surface area contributed by atoms with Gasteiger partial charge in [0.2, 0.25) is 0 Å². The lowest BCUT2D eigenvalue weighted by Crippen LogP contribution is -2.40. The molecular weight excluding hydrogens is 479 g/mol. The van der Waals surface area contributed by atoms with Crippen LogP contribution in [0.5, 0.6) is 0 Å². The lowest BCUT2D eigenvalue weighted by atomic mass is 9.75. The Morgan fingerprint density at radius 2 is 1.35 bits per heavy atom. The molecule has 0 aromatic heterocycles. The molecule has 3 aliphatic rings. The van der Waals surface area contributed by atoms with Gasteiger partial charge in [-0.25, -0.2) is 0 Å². The largest absolute Gasteiger partial charge is 0.357 e. The van der Waals surface area contributed by atoms with E-state index in [1.807, 2.05) is 11.8 Å². The van der Waals surface area contributed by atoms with Crippen molar-refractivity contribution >= 4 is 31.1 Å². The summed E-state index contributed by atoms with van der Waals surface area (Å²) < 4.78 is 28.7. The molecule has 34 heavy (non-hydrogen) atoms. The number of allylic oxidation sites excluding steroid dienone is 1. The molecule has 0 amide bonds. The second-order valence-corrected chi connectivity index (χ2v) is 17.8. The smallest absolute Gasteiger partial charge is 0.303 e. The number of hydrogen-bond donors (Lipinski definition) is 0.